The third kappa shape index (κ3) is 5.26. The molecule has 1 aromatic heterocycles. The Hall–Kier alpha value is -1.62. The molecule has 1 N–H and O–H groups in total. The molecule has 0 aliphatic rings. The minimum Gasteiger partial charge on any atom is -0.506 e. The Kier molecular flexibility index (Phi) is 5.76. The van der Waals surface area contributed by atoms with Crippen LogP contribution in [-0.4, -0.2) is 59.5 Å². The van der Waals surface area contributed by atoms with Gasteiger partial charge in [-0.3, -0.25) is 9.78 Å². The predicted octanol–water partition coefficient (Wildman–Crippen LogP) is 1.45. The van der Waals surface area contributed by atoms with E-state index in [1.807, 2.05) is 19.0 Å². The Bertz CT molecular complexity index is 419. The minimum atomic E-state index is -0.0843. The topological polar surface area (TPSA) is 56.7 Å². The first kappa shape index (κ1) is 15.4. The second-order valence-electron chi connectivity index (χ2n) is 5.38. The zero-order valence-electron chi connectivity index (χ0n) is 12.1. The smallest absolute Gasteiger partial charge is 0.255 e. The molecule has 1 rings (SSSR count). The molecular formula is C14H23N3O2. The zero-order valence-corrected chi connectivity index (χ0v) is 12.1. The van der Waals surface area contributed by atoms with Crippen molar-refractivity contribution in [1.29, 1.82) is 0 Å². The lowest BCUT2D eigenvalue weighted by atomic mass is 10.1. The van der Waals surface area contributed by atoms with Gasteiger partial charge in [0.1, 0.15) is 5.75 Å². The van der Waals surface area contributed by atoms with Crippen LogP contribution in [0, 0.1) is 5.92 Å². The highest BCUT2D eigenvalue weighted by molar-refractivity contribution is 5.94. The van der Waals surface area contributed by atoms with Crippen molar-refractivity contribution < 1.29 is 9.90 Å². The van der Waals surface area contributed by atoms with E-state index in [1.165, 1.54) is 18.5 Å². The van der Waals surface area contributed by atoms with Gasteiger partial charge in [-0.2, -0.15) is 0 Å². The summed E-state index contributed by atoms with van der Waals surface area (Å²) in [5, 5.41) is 9.40. The average molecular weight is 265 g/mol. The van der Waals surface area contributed by atoms with Crippen LogP contribution in [0.25, 0.3) is 0 Å². The summed E-state index contributed by atoms with van der Waals surface area (Å²) in [6, 6.07) is 1.46. The lowest BCUT2D eigenvalue weighted by Crippen LogP contribution is -2.39. The number of likely N-dealkylation sites (N-methyl/N-ethyl adjacent to an activating group) is 1. The maximum Gasteiger partial charge on any atom is 0.255 e. The first-order valence-electron chi connectivity index (χ1n) is 6.48. The Labute approximate surface area is 114 Å². The van der Waals surface area contributed by atoms with Crippen LogP contribution in [0.2, 0.25) is 0 Å². The van der Waals surface area contributed by atoms with E-state index >= 15 is 0 Å². The van der Waals surface area contributed by atoms with Gasteiger partial charge >= 0.3 is 0 Å². The molecule has 0 unspecified atom stereocenters. The summed E-state index contributed by atoms with van der Waals surface area (Å²) in [4.78, 5) is 20.1. The number of hydrogen-bond donors (Lipinski definition) is 1. The molecule has 0 atom stereocenters. The third-order valence-electron chi connectivity index (χ3n) is 2.66. The van der Waals surface area contributed by atoms with Crippen molar-refractivity contribution >= 4 is 5.91 Å². The van der Waals surface area contributed by atoms with Gasteiger partial charge in [0, 0.05) is 25.8 Å². The molecular weight excluding hydrogens is 242 g/mol. The third-order valence-corrected chi connectivity index (χ3v) is 2.66. The molecule has 0 spiro atoms. The van der Waals surface area contributed by atoms with Crippen LogP contribution < -0.4 is 0 Å². The standard InChI is InChI=1S/C14H23N3O2/c1-11(2)10-17(6-5-16(3)4)14(19)12-7-13(18)9-15-8-12/h7-9,11,18H,5-6,10H2,1-4H3. The summed E-state index contributed by atoms with van der Waals surface area (Å²) in [6.07, 6.45) is 2.81. The normalized spacial score (nSPS) is 11.1. The molecule has 0 fully saturated rings. The van der Waals surface area contributed by atoms with Gasteiger partial charge in [-0.05, 0) is 26.1 Å². The predicted molar refractivity (Wildman–Crippen MR) is 75.2 cm³/mol. The maximum absolute atomic E-state index is 12.4. The molecule has 1 heterocycles. The molecule has 0 bridgehead atoms. The van der Waals surface area contributed by atoms with Crippen molar-refractivity contribution in [2.24, 2.45) is 5.92 Å². The van der Waals surface area contributed by atoms with Crippen molar-refractivity contribution in [2.75, 3.05) is 33.7 Å². The quantitative estimate of drug-likeness (QED) is 0.845. The number of carbonyl (C=O) groups excluding carboxylic acids is 1. The summed E-state index contributed by atoms with van der Waals surface area (Å²) in [6.45, 7) is 6.33. The van der Waals surface area contributed by atoms with Crippen LogP contribution in [0.4, 0.5) is 0 Å². The maximum atomic E-state index is 12.4. The molecule has 1 aromatic rings. The molecule has 0 radical (unpaired) electrons. The number of nitrogens with zero attached hydrogens (tertiary/aromatic N) is 3. The number of aromatic hydroxyl groups is 1. The molecule has 5 nitrogen and oxygen atoms in total. The van der Waals surface area contributed by atoms with Gasteiger partial charge in [-0.1, -0.05) is 13.8 Å². The second kappa shape index (κ2) is 7.09. The number of hydrogen-bond acceptors (Lipinski definition) is 4. The number of carbonyl (C=O) groups is 1. The molecule has 0 saturated heterocycles. The molecule has 19 heavy (non-hydrogen) atoms. The largest absolute Gasteiger partial charge is 0.506 e. The van der Waals surface area contributed by atoms with Gasteiger partial charge in [-0.25, -0.2) is 0 Å². The van der Waals surface area contributed by atoms with Gasteiger partial charge in [0.15, 0.2) is 0 Å². The first-order chi connectivity index (χ1) is 8.90. The van der Waals surface area contributed by atoms with Crippen LogP contribution in [0.1, 0.15) is 24.2 Å². The highest BCUT2D eigenvalue weighted by atomic mass is 16.3. The van der Waals surface area contributed by atoms with Crippen LogP contribution in [0.15, 0.2) is 18.5 Å². The van der Waals surface area contributed by atoms with E-state index in [1.54, 1.807) is 4.90 Å². The summed E-state index contributed by atoms with van der Waals surface area (Å²) in [5.41, 5.74) is 0.430. The number of rotatable bonds is 6. The monoisotopic (exact) mass is 265 g/mol. The molecule has 106 valence electrons. The van der Waals surface area contributed by atoms with E-state index in [2.05, 4.69) is 18.8 Å². The summed E-state index contributed by atoms with van der Waals surface area (Å²) < 4.78 is 0. The number of pyridine rings is 1. The fourth-order valence-corrected chi connectivity index (χ4v) is 1.76. The van der Waals surface area contributed by atoms with E-state index in [0.29, 0.717) is 24.6 Å². The molecule has 5 heteroatoms. The van der Waals surface area contributed by atoms with Crippen molar-refractivity contribution in [3.63, 3.8) is 0 Å². The van der Waals surface area contributed by atoms with E-state index in [4.69, 9.17) is 0 Å². The summed E-state index contributed by atoms with van der Waals surface area (Å²) in [5.74, 6) is 0.332. The average Bonchev–Trinajstić information content (AvgIpc) is 2.33. The van der Waals surface area contributed by atoms with Crippen molar-refractivity contribution in [3.8, 4) is 5.75 Å². The SMILES string of the molecule is CC(C)CN(CCN(C)C)C(=O)c1cncc(O)c1. The lowest BCUT2D eigenvalue weighted by molar-refractivity contribution is 0.0724. The highest BCUT2D eigenvalue weighted by Crippen LogP contribution is 2.12. The fourth-order valence-electron chi connectivity index (χ4n) is 1.76. The Morgan fingerprint density at radius 3 is 2.53 bits per heavy atom. The van der Waals surface area contributed by atoms with Crippen LogP contribution in [0.3, 0.4) is 0 Å². The van der Waals surface area contributed by atoms with E-state index in [9.17, 15) is 9.90 Å². The minimum absolute atomic E-state index is 0.0166. The van der Waals surface area contributed by atoms with Gasteiger partial charge in [0.2, 0.25) is 0 Å². The Morgan fingerprint density at radius 1 is 1.32 bits per heavy atom. The molecule has 1 amide bonds. The Balaban J connectivity index is 2.81. The van der Waals surface area contributed by atoms with Gasteiger partial charge in [0.25, 0.3) is 5.91 Å². The second-order valence-corrected chi connectivity index (χ2v) is 5.38. The van der Waals surface area contributed by atoms with Crippen LogP contribution >= 0.6 is 0 Å². The summed E-state index contributed by atoms with van der Waals surface area (Å²) >= 11 is 0. The van der Waals surface area contributed by atoms with E-state index < -0.39 is 0 Å². The van der Waals surface area contributed by atoms with E-state index in [0.717, 1.165) is 6.54 Å². The van der Waals surface area contributed by atoms with E-state index in [-0.39, 0.29) is 11.7 Å². The zero-order chi connectivity index (χ0) is 14.4. The number of aromatic nitrogens is 1. The Morgan fingerprint density at radius 2 is 2.00 bits per heavy atom. The van der Waals surface area contributed by atoms with Crippen molar-refractivity contribution in [1.82, 2.24) is 14.8 Å². The van der Waals surface area contributed by atoms with Gasteiger partial charge in [-0.15, -0.1) is 0 Å². The first-order valence-corrected chi connectivity index (χ1v) is 6.48. The highest BCUT2D eigenvalue weighted by Gasteiger charge is 2.17. The molecule has 0 aliphatic carbocycles. The van der Waals surface area contributed by atoms with Crippen LogP contribution in [0.5, 0.6) is 5.75 Å². The molecule has 0 aliphatic heterocycles. The van der Waals surface area contributed by atoms with Gasteiger partial charge < -0.3 is 14.9 Å². The van der Waals surface area contributed by atoms with Crippen LogP contribution in [-0.2, 0) is 0 Å². The molecule has 0 aromatic carbocycles. The van der Waals surface area contributed by atoms with Crippen molar-refractivity contribution in [3.05, 3.63) is 24.0 Å². The lowest BCUT2D eigenvalue weighted by Gasteiger charge is -2.26. The number of amides is 1. The summed E-state index contributed by atoms with van der Waals surface area (Å²) in [7, 11) is 3.96. The van der Waals surface area contributed by atoms with Gasteiger partial charge in [0.05, 0.1) is 11.8 Å². The molecule has 0 saturated carbocycles. The van der Waals surface area contributed by atoms with Crippen molar-refractivity contribution in [2.45, 2.75) is 13.8 Å². The fraction of sp³-hybridized carbons (Fsp3) is 0.571.